The molecule has 0 bridgehead atoms. The fraction of sp³-hybridized carbons (Fsp3) is 0.250. The van der Waals surface area contributed by atoms with Crippen LogP contribution in [0.2, 0.25) is 0 Å². The second kappa shape index (κ2) is 9.49. The van der Waals surface area contributed by atoms with Gasteiger partial charge in [0.2, 0.25) is 0 Å². The highest BCUT2D eigenvalue weighted by molar-refractivity contribution is 6.04. The molecule has 160 valence electrons. The summed E-state index contributed by atoms with van der Waals surface area (Å²) in [4.78, 5) is 19.4. The van der Waals surface area contributed by atoms with Gasteiger partial charge >= 0.3 is 0 Å². The van der Waals surface area contributed by atoms with Crippen molar-refractivity contribution in [3.8, 4) is 11.5 Å². The average molecular weight is 418 g/mol. The zero-order valence-corrected chi connectivity index (χ0v) is 17.7. The average Bonchev–Trinajstić information content (AvgIpc) is 2.84. The maximum Gasteiger partial charge on any atom is 0.257 e. The van der Waals surface area contributed by atoms with E-state index in [0.717, 1.165) is 25.5 Å². The molecule has 0 radical (unpaired) electrons. The molecule has 2 heterocycles. The Balaban J connectivity index is 1.42. The molecule has 31 heavy (non-hydrogen) atoms. The van der Waals surface area contributed by atoms with Crippen LogP contribution in [0.15, 0.2) is 66.9 Å². The molecular weight excluding hydrogens is 392 g/mol. The lowest BCUT2D eigenvalue weighted by Gasteiger charge is -2.34. The molecule has 2 aromatic carbocycles. The zero-order valence-electron chi connectivity index (χ0n) is 17.7. The predicted molar refractivity (Wildman–Crippen MR) is 121 cm³/mol. The van der Waals surface area contributed by atoms with Crippen LogP contribution in [0.3, 0.4) is 0 Å². The molecule has 1 aliphatic rings. The number of piperazine rings is 1. The van der Waals surface area contributed by atoms with Crippen molar-refractivity contribution in [1.82, 2.24) is 10.3 Å². The van der Waals surface area contributed by atoms with Gasteiger partial charge in [0.1, 0.15) is 5.82 Å². The third-order valence-electron chi connectivity index (χ3n) is 5.35. The van der Waals surface area contributed by atoms with Crippen LogP contribution in [-0.2, 0) is 0 Å². The van der Waals surface area contributed by atoms with E-state index in [2.05, 4.69) is 44.8 Å². The third kappa shape index (κ3) is 4.78. The molecule has 1 saturated heterocycles. The second-order valence-corrected chi connectivity index (χ2v) is 7.29. The minimum absolute atomic E-state index is 0.228. The second-order valence-electron chi connectivity index (χ2n) is 7.29. The highest BCUT2D eigenvalue weighted by Crippen LogP contribution is 2.30. The van der Waals surface area contributed by atoms with E-state index in [1.165, 1.54) is 5.56 Å². The summed E-state index contributed by atoms with van der Waals surface area (Å²) in [6.07, 6.45) is 1.62. The molecule has 1 unspecified atom stereocenters. The van der Waals surface area contributed by atoms with Crippen molar-refractivity contribution in [2.24, 2.45) is 0 Å². The van der Waals surface area contributed by atoms with Gasteiger partial charge in [-0.1, -0.05) is 30.3 Å². The summed E-state index contributed by atoms with van der Waals surface area (Å²) < 4.78 is 10.5. The number of anilines is 2. The van der Waals surface area contributed by atoms with Crippen molar-refractivity contribution in [3.05, 3.63) is 78.0 Å². The van der Waals surface area contributed by atoms with Gasteiger partial charge in [-0.2, -0.15) is 0 Å². The molecule has 7 nitrogen and oxygen atoms in total. The van der Waals surface area contributed by atoms with E-state index in [-0.39, 0.29) is 11.9 Å². The maximum atomic E-state index is 12.6. The van der Waals surface area contributed by atoms with Crippen molar-refractivity contribution in [2.75, 3.05) is 44.1 Å². The van der Waals surface area contributed by atoms with E-state index in [1.807, 2.05) is 12.1 Å². The van der Waals surface area contributed by atoms with E-state index >= 15 is 0 Å². The summed E-state index contributed by atoms with van der Waals surface area (Å²) in [5, 5.41) is 6.43. The molecule has 3 aromatic rings. The molecule has 1 atom stereocenters. The van der Waals surface area contributed by atoms with Gasteiger partial charge in [0, 0.05) is 43.6 Å². The van der Waals surface area contributed by atoms with E-state index in [9.17, 15) is 4.79 Å². The summed E-state index contributed by atoms with van der Waals surface area (Å²) in [5.74, 6) is 1.80. The lowest BCUT2D eigenvalue weighted by molar-refractivity contribution is 0.102. The summed E-state index contributed by atoms with van der Waals surface area (Å²) in [5.41, 5.74) is 2.38. The normalized spacial score (nSPS) is 15.9. The van der Waals surface area contributed by atoms with Crippen LogP contribution in [0.4, 0.5) is 11.5 Å². The number of amides is 1. The Hall–Kier alpha value is -3.58. The predicted octanol–water partition coefficient (Wildman–Crippen LogP) is 3.50. The molecular formula is C24H26N4O3. The summed E-state index contributed by atoms with van der Waals surface area (Å²) in [6.45, 7) is 2.57. The fourth-order valence-electron chi connectivity index (χ4n) is 3.69. The Kier molecular flexibility index (Phi) is 6.33. The van der Waals surface area contributed by atoms with Gasteiger partial charge < -0.3 is 25.0 Å². The Morgan fingerprint density at radius 2 is 1.87 bits per heavy atom. The first-order valence-electron chi connectivity index (χ1n) is 10.2. The van der Waals surface area contributed by atoms with Gasteiger partial charge in [0.25, 0.3) is 5.91 Å². The molecule has 1 aliphatic heterocycles. The van der Waals surface area contributed by atoms with E-state index in [4.69, 9.17) is 9.47 Å². The van der Waals surface area contributed by atoms with Crippen LogP contribution in [0.1, 0.15) is 22.0 Å². The molecule has 0 spiro atoms. The number of ether oxygens (including phenoxy) is 2. The number of nitrogens with zero attached hydrogens (tertiary/aromatic N) is 2. The quantitative estimate of drug-likeness (QED) is 0.638. The molecule has 1 amide bonds. The monoisotopic (exact) mass is 418 g/mol. The molecule has 0 saturated carbocycles. The lowest BCUT2D eigenvalue weighted by atomic mass is 10.0. The first kappa shape index (κ1) is 20.7. The molecule has 4 rings (SSSR count). The number of nitrogens with one attached hydrogen (secondary N) is 2. The fourth-order valence-corrected chi connectivity index (χ4v) is 3.69. The SMILES string of the molecule is COc1ccc(NC(=O)c2ccc(N3CCNC(c4ccccc4)C3)nc2)cc1OC. The summed E-state index contributed by atoms with van der Waals surface area (Å²) in [7, 11) is 3.13. The summed E-state index contributed by atoms with van der Waals surface area (Å²) in [6, 6.07) is 19.6. The number of benzene rings is 2. The minimum atomic E-state index is -0.228. The van der Waals surface area contributed by atoms with Crippen LogP contribution in [0.5, 0.6) is 11.5 Å². The molecule has 1 fully saturated rings. The number of methoxy groups -OCH3 is 2. The zero-order chi connectivity index (χ0) is 21.6. The Bertz CT molecular complexity index is 1020. The largest absolute Gasteiger partial charge is 0.493 e. The molecule has 2 N–H and O–H groups in total. The topological polar surface area (TPSA) is 75.7 Å². The standard InChI is InChI=1S/C24H26N4O3/c1-30-21-10-9-19(14-22(21)31-2)27-24(29)18-8-11-23(26-15-18)28-13-12-25-20(16-28)17-6-4-3-5-7-17/h3-11,14-15,20,25H,12-13,16H2,1-2H3,(H,27,29). The van der Waals surface area contributed by atoms with E-state index in [0.29, 0.717) is 22.7 Å². The van der Waals surface area contributed by atoms with Crippen molar-refractivity contribution in [2.45, 2.75) is 6.04 Å². The van der Waals surface area contributed by atoms with Crippen molar-refractivity contribution >= 4 is 17.4 Å². The van der Waals surface area contributed by atoms with Gasteiger partial charge in [-0.25, -0.2) is 4.98 Å². The van der Waals surface area contributed by atoms with Crippen molar-refractivity contribution < 1.29 is 14.3 Å². The van der Waals surface area contributed by atoms with Gasteiger partial charge in [-0.15, -0.1) is 0 Å². The minimum Gasteiger partial charge on any atom is -0.493 e. The number of carbonyl (C=O) groups excluding carboxylic acids is 1. The molecule has 1 aromatic heterocycles. The first-order chi connectivity index (χ1) is 15.2. The molecule has 0 aliphatic carbocycles. The van der Waals surface area contributed by atoms with Crippen LogP contribution >= 0.6 is 0 Å². The van der Waals surface area contributed by atoms with Crippen LogP contribution in [0.25, 0.3) is 0 Å². The highest BCUT2D eigenvalue weighted by atomic mass is 16.5. The number of rotatable bonds is 6. The van der Waals surface area contributed by atoms with Gasteiger partial charge in [-0.3, -0.25) is 4.79 Å². The van der Waals surface area contributed by atoms with E-state index < -0.39 is 0 Å². The van der Waals surface area contributed by atoms with Crippen molar-refractivity contribution in [3.63, 3.8) is 0 Å². The van der Waals surface area contributed by atoms with Gasteiger partial charge in [-0.05, 0) is 29.8 Å². The number of hydrogen-bond donors (Lipinski definition) is 2. The van der Waals surface area contributed by atoms with Crippen molar-refractivity contribution in [1.29, 1.82) is 0 Å². The van der Waals surface area contributed by atoms with Crippen LogP contribution < -0.4 is 25.0 Å². The number of carbonyl (C=O) groups is 1. The highest BCUT2D eigenvalue weighted by Gasteiger charge is 2.21. The smallest absolute Gasteiger partial charge is 0.257 e. The number of hydrogen-bond acceptors (Lipinski definition) is 6. The van der Waals surface area contributed by atoms with Crippen LogP contribution in [0, 0.1) is 0 Å². The Labute approximate surface area is 182 Å². The number of aromatic nitrogens is 1. The first-order valence-corrected chi connectivity index (χ1v) is 10.2. The Morgan fingerprint density at radius 1 is 1.06 bits per heavy atom. The van der Waals surface area contributed by atoms with E-state index in [1.54, 1.807) is 44.7 Å². The van der Waals surface area contributed by atoms with Gasteiger partial charge in [0.05, 0.1) is 19.8 Å². The number of pyridine rings is 1. The maximum absolute atomic E-state index is 12.6. The Morgan fingerprint density at radius 3 is 2.58 bits per heavy atom. The van der Waals surface area contributed by atoms with Crippen LogP contribution in [-0.4, -0.2) is 44.7 Å². The van der Waals surface area contributed by atoms with Gasteiger partial charge in [0.15, 0.2) is 11.5 Å². The third-order valence-corrected chi connectivity index (χ3v) is 5.35. The lowest BCUT2D eigenvalue weighted by Crippen LogP contribution is -2.46. The summed E-state index contributed by atoms with van der Waals surface area (Å²) >= 11 is 0. The molecule has 7 heteroatoms.